The van der Waals surface area contributed by atoms with Gasteiger partial charge in [0.1, 0.15) is 0 Å². The number of nitrogen functional groups attached to an aromatic ring is 1. The zero-order valence-electron chi connectivity index (χ0n) is 15.8. The zero-order valence-corrected chi connectivity index (χ0v) is 15.8. The van der Waals surface area contributed by atoms with Crippen LogP contribution in [0, 0.1) is 0 Å². The molecule has 0 radical (unpaired) electrons. The normalized spacial score (nSPS) is 14.6. The average molecular weight is 371 g/mol. The second-order valence-electron chi connectivity index (χ2n) is 6.69. The van der Waals surface area contributed by atoms with Crippen LogP contribution >= 0.6 is 0 Å². The highest BCUT2D eigenvalue weighted by Gasteiger charge is 2.20. The number of carbonyl (C=O) groups is 1. The summed E-state index contributed by atoms with van der Waals surface area (Å²) in [5.74, 6) is 0.771. The maximum absolute atomic E-state index is 12.8. The van der Waals surface area contributed by atoms with Crippen molar-refractivity contribution in [3.05, 3.63) is 24.2 Å². The molecule has 0 amide bonds. The molecular weight excluding hydrogens is 346 g/mol. The Labute approximate surface area is 158 Å². The van der Waals surface area contributed by atoms with Crippen molar-refractivity contribution in [1.29, 1.82) is 0 Å². The summed E-state index contributed by atoms with van der Waals surface area (Å²) in [5.41, 5.74) is 7.27. The van der Waals surface area contributed by atoms with Gasteiger partial charge in [0.2, 0.25) is 11.9 Å². The average Bonchev–Trinajstić information content (AvgIpc) is 2.68. The van der Waals surface area contributed by atoms with Crippen molar-refractivity contribution in [1.82, 2.24) is 24.8 Å². The molecule has 2 aromatic heterocycles. The van der Waals surface area contributed by atoms with E-state index in [1.807, 2.05) is 19.0 Å². The van der Waals surface area contributed by atoms with Gasteiger partial charge in [0, 0.05) is 43.7 Å². The molecule has 144 valence electrons. The number of morpholine rings is 1. The molecule has 1 fully saturated rings. The first-order valence-electron chi connectivity index (χ1n) is 9.00. The minimum atomic E-state index is 0.0113. The maximum atomic E-state index is 12.8. The van der Waals surface area contributed by atoms with Gasteiger partial charge in [-0.3, -0.25) is 4.79 Å². The van der Waals surface area contributed by atoms with Crippen LogP contribution in [0.2, 0.25) is 0 Å². The summed E-state index contributed by atoms with van der Waals surface area (Å²) in [6.07, 6.45) is 5.99. The third kappa shape index (κ3) is 4.95. The predicted octanol–water partition coefficient (Wildman–Crippen LogP) is 0.877. The number of carbonyl (C=O) groups excluding carboxylic acids is 1. The molecule has 2 N–H and O–H groups in total. The lowest BCUT2D eigenvalue weighted by Gasteiger charge is -2.27. The number of Topliss-reactive ketones (excluding diaryl/α,β-unsaturated/α-hetero) is 1. The van der Waals surface area contributed by atoms with Gasteiger partial charge in [0.05, 0.1) is 24.5 Å². The highest BCUT2D eigenvalue weighted by Crippen LogP contribution is 2.24. The van der Waals surface area contributed by atoms with E-state index in [0.717, 1.165) is 13.0 Å². The first-order chi connectivity index (χ1) is 13.0. The lowest BCUT2D eigenvalue weighted by Crippen LogP contribution is -2.37. The molecule has 1 aliphatic rings. The highest BCUT2D eigenvalue weighted by molar-refractivity contribution is 6.01. The third-order valence-corrected chi connectivity index (χ3v) is 4.32. The van der Waals surface area contributed by atoms with Crippen LogP contribution in [0.4, 0.5) is 11.9 Å². The number of hydrogen-bond acceptors (Lipinski definition) is 9. The molecule has 3 rings (SSSR count). The Morgan fingerprint density at radius 2 is 1.89 bits per heavy atom. The Hall–Kier alpha value is -2.65. The van der Waals surface area contributed by atoms with Gasteiger partial charge in [-0.25, -0.2) is 19.9 Å². The fourth-order valence-electron chi connectivity index (χ4n) is 2.86. The van der Waals surface area contributed by atoms with Gasteiger partial charge in [0.15, 0.2) is 5.78 Å². The molecule has 0 saturated carbocycles. The molecular formula is C18H25N7O2. The van der Waals surface area contributed by atoms with E-state index in [-0.39, 0.29) is 11.7 Å². The van der Waals surface area contributed by atoms with Crippen LogP contribution in [0.25, 0.3) is 11.3 Å². The molecule has 0 bridgehead atoms. The van der Waals surface area contributed by atoms with E-state index in [4.69, 9.17) is 10.5 Å². The van der Waals surface area contributed by atoms with E-state index in [9.17, 15) is 4.79 Å². The number of ketones is 1. The summed E-state index contributed by atoms with van der Waals surface area (Å²) in [4.78, 5) is 34.1. The molecule has 2 aromatic rings. The number of ether oxygens (including phenoxy) is 1. The Kier molecular flexibility index (Phi) is 6.25. The van der Waals surface area contributed by atoms with Gasteiger partial charge >= 0.3 is 0 Å². The molecule has 27 heavy (non-hydrogen) atoms. The molecule has 9 nitrogen and oxygen atoms in total. The fraction of sp³-hybridized carbons (Fsp3) is 0.500. The Balaban J connectivity index is 1.91. The Bertz CT molecular complexity index is 774. The van der Waals surface area contributed by atoms with Crippen LogP contribution in [0.3, 0.4) is 0 Å². The van der Waals surface area contributed by atoms with E-state index in [0.29, 0.717) is 55.5 Å². The first-order valence-corrected chi connectivity index (χ1v) is 9.00. The highest BCUT2D eigenvalue weighted by atomic mass is 16.5. The summed E-state index contributed by atoms with van der Waals surface area (Å²) in [7, 11) is 3.98. The molecule has 0 unspecified atom stereocenters. The summed E-state index contributed by atoms with van der Waals surface area (Å²) >= 11 is 0. The zero-order chi connectivity index (χ0) is 19.2. The van der Waals surface area contributed by atoms with Gasteiger partial charge < -0.3 is 20.3 Å². The van der Waals surface area contributed by atoms with Crippen molar-refractivity contribution in [3.8, 4) is 11.3 Å². The van der Waals surface area contributed by atoms with Crippen molar-refractivity contribution >= 4 is 17.7 Å². The molecule has 3 heterocycles. The van der Waals surface area contributed by atoms with Crippen molar-refractivity contribution in [2.45, 2.75) is 12.8 Å². The van der Waals surface area contributed by atoms with Gasteiger partial charge in [0.25, 0.3) is 0 Å². The Morgan fingerprint density at radius 3 is 2.56 bits per heavy atom. The summed E-state index contributed by atoms with van der Waals surface area (Å²) in [6, 6.07) is 0. The van der Waals surface area contributed by atoms with Crippen molar-refractivity contribution in [2.75, 3.05) is 57.6 Å². The topological polar surface area (TPSA) is 110 Å². The van der Waals surface area contributed by atoms with E-state index >= 15 is 0 Å². The van der Waals surface area contributed by atoms with Crippen LogP contribution in [0.15, 0.2) is 18.6 Å². The largest absolute Gasteiger partial charge is 0.378 e. The number of nitrogens with two attached hydrogens (primary N) is 1. The smallest absolute Gasteiger partial charge is 0.226 e. The molecule has 1 aliphatic heterocycles. The van der Waals surface area contributed by atoms with Crippen LogP contribution in [0.1, 0.15) is 23.2 Å². The molecule has 1 saturated heterocycles. The van der Waals surface area contributed by atoms with Crippen molar-refractivity contribution in [3.63, 3.8) is 0 Å². The molecule has 0 aliphatic carbocycles. The maximum Gasteiger partial charge on any atom is 0.226 e. The summed E-state index contributed by atoms with van der Waals surface area (Å²) < 4.78 is 5.39. The van der Waals surface area contributed by atoms with Crippen LogP contribution in [-0.4, -0.2) is 77.6 Å². The SMILES string of the molecule is CN(C)CCCC(=O)c1cnc(N2CCOCC2)nc1-c1cnc(N)nc1. The second-order valence-corrected chi connectivity index (χ2v) is 6.69. The van der Waals surface area contributed by atoms with E-state index in [1.165, 1.54) is 0 Å². The fourth-order valence-corrected chi connectivity index (χ4v) is 2.86. The minimum Gasteiger partial charge on any atom is -0.378 e. The predicted molar refractivity (Wildman–Crippen MR) is 103 cm³/mol. The quantitative estimate of drug-likeness (QED) is 0.709. The van der Waals surface area contributed by atoms with Crippen LogP contribution in [0.5, 0.6) is 0 Å². The van der Waals surface area contributed by atoms with Crippen molar-refractivity contribution in [2.24, 2.45) is 0 Å². The lowest BCUT2D eigenvalue weighted by molar-refractivity contribution is 0.0977. The Morgan fingerprint density at radius 1 is 1.19 bits per heavy atom. The summed E-state index contributed by atoms with van der Waals surface area (Å²) in [5, 5.41) is 0. The number of hydrogen-bond donors (Lipinski definition) is 1. The monoisotopic (exact) mass is 371 g/mol. The van der Waals surface area contributed by atoms with E-state index in [1.54, 1.807) is 18.6 Å². The molecule has 9 heteroatoms. The molecule has 0 aromatic carbocycles. The molecule has 0 atom stereocenters. The van der Waals surface area contributed by atoms with Crippen molar-refractivity contribution < 1.29 is 9.53 Å². The number of nitrogens with zero attached hydrogens (tertiary/aromatic N) is 6. The third-order valence-electron chi connectivity index (χ3n) is 4.32. The van der Waals surface area contributed by atoms with Gasteiger partial charge in [-0.05, 0) is 27.1 Å². The van der Waals surface area contributed by atoms with Gasteiger partial charge in [-0.15, -0.1) is 0 Å². The van der Waals surface area contributed by atoms with E-state index in [2.05, 4.69) is 24.8 Å². The number of anilines is 2. The number of aromatic nitrogens is 4. The van der Waals surface area contributed by atoms with Crippen LogP contribution in [-0.2, 0) is 4.74 Å². The van der Waals surface area contributed by atoms with Gasteiger partial charge in [-0.1, -0.05) is 0 Å². The minimum absolute atomic E-state index is 0.0113. The first kappa shape index (κ1) is 19.1. The summed E-state index contributed by atoms with van der Waals surface area (Å²) in [6.45, 7) is 3.55. The van der Waals surface area contributed by atoms with E-state index < -0.39 is 0 Å². The van der Waals surface area contributed by atoms with Crippen LogP contribution < -0.4 is 10.6 Å². The van der Waals surface area contributed by atoms with Gasteiger partial charge in [-0.2, -0.15) is 0 Å². The standard InChI is InChI=1S/C18H25N7O2/c1-24(2)5-3-4-15(26)14-12-22-18(25-6-8-27-9-7-25)23-16(14)13-10-20-17(19)21-11-13/h10-12H,3-9H2,1-2H3,(H2,19,20,21). The molecule has 0 spiro atoms. The number of rotatable bonds is 7. The lowest BCUT2D eigenvalue weighted by atomic mass is 10.0. The second kappa shape index (κ2) is 8.83.